The summed E-state index contributed by atoms with van der Waals surface area (Å²) in [7, 11) is 0. The lowest BCUT2D eigenvalue weighted by atomic mass is 9.87. The van der Waals surface area contributed by atoms with Crippen LogP contribution in [0.5, 0.6) is 0 Å². The molecule has 0 aliphatic carbocycles. The summed E-state index contributed by atoms with van der Waals surface area (Å²) in [4.78, 5) is 36.2. The summed E-state index contributed by atoms with van der Waals surface area (Å²) >= 11 is 0. The van der Waals surface area contributed by atoms with Crippen LogP contribution < -0.4 is 10.6 Å². The second-order valence-corrected chi connectivity index (χ2v) is 7.96. The quantitative estimate of drug-likeness (QED) is 0.675. The highest BCUT2D eigenvalue weighted by atomic mass is 19.1. The van der Waals surface area contributed by atoms with Gasteiger partial charge in [-0.25, -0.2) is 4.39 Å². The molecule has 160 valence electrons. The van der Waals surface area contributed by atoms with Gasteiger partial charge >= 0.3 is 5.97 Å². The highest BCUT2D eigenvalue weighted by Crippen LogP contribution is 2.22. The van der Waals surface area contributed by atoms with Crippen molar-refractivity contribution in [3.63, 3.8) is 0 Å². The number of carbonyl (C=O) groups excluding carboxylic acids is 3. The summed E-state index contributed by atoms with van der Waals surface area (Å²) in [5, 5.41) is 5.13. The topological polar surface area (TPSA) is 84.5 Å². The molecule has 0 bridgehead atoms. The fourth-order valence-electron chi connectivity index (χ4n) is 2.62. The van der Waals surface area contributed by atoms with E-state index in [1.165, 1.54) is 25.1 Å². The van der Waals surface area contributed by atoms with Crippen molar-refractivity contribution in [3.05, 3.63) is 65.5 Å². The van der Waals surface area contributed by atoms with Crippen molar-refractivity contribution in [1.82, 2.24) is 5.32 Å². The van der Waals surface area contributed by atoms with Crippen LogP contribution in [0.2, 0.25) is 0 Å². The Morgan fingerprint density at radius 2 is 1.73 bits per heavy atom. The van der Waals surface area contributed by atoms with Crippen molar-refractivity contribution in [2.45, 2.75) is 45.6 Å². The Bertz CT molecular complexity index is 904. The van der Waals surface area contributed by atoms with E-state index >= 15 is 0 Å². The first-order valence-corrected chi connectivity index (χ1v) is 9.71. The van der Waals surface area contributed by atoms with Crippen molar-refractivity contribution in [3.8, 4) is 0 Å². The second kappa shape index (κ2) is 10.0. The molecular weight excluding hydrogens is 387 g/mol. The Hall–Kier alpha value is -3.22. The zero-order valence-electron chi connectivity index (χ0n) is 17.6. The Kier molecular flexibility index (Phi) is 7.69. The predicted molar refractivity (Wildman–Crippen MR) is 113 cm³/mol. The average Bonchev–Trinajstić information content (AvgIpc) is 2.67. The Morgan fingerprint density at radius 3 is 2.33 bits per heavy atom. The highest BCUT2D eigenvalue weighted by Gasteiger charge is 2.18. The number of carbonyl (C=O) groups is 3. The first kappa shape index (κ1) is 23.1. The number of hydrogen-bond acceptors (Lipinski definition) is 4. The molecular formula is C23H27FN2O4. The minimum Gasteiger partial charge on any atom is -0.452 e. The molecule has 0 fully saturated rings. The Labute approximate surface area is 175 Å². The van der Waals surface area contributed by atoms with E-state index in [-0.39, 0.29) is 30.0 Å². The highest BCUT2D eigenvalue weighted by molar-refractivity contribution is 5.95. The van der Waals surface area contributed by atoms with Crippen LogP contribution in [0.4, 0.5) is 10.1 Å². The Morgan fingerprint density at radius 1 is 1.07 bits per heavy atom. The normalized spacial score (nSPS) is 12.0. The average molecular weight is 414 g/mol. The predicted octanol–water partition coefficient (Wildman–Crippen LogP) is 3.81. The van der Waals surface area contributed by atoms with Gasteiger partial charge in [0.25, 0.3) is 11.8 Å². The van der Waals surface area contributed by atoms with Gasteiger partial charge in [0.15, 0.2) is 6.10 Å². The largest absolute Gasteiger partial charge is 0.452 e. The minimum atomic E-state index is -1.05. The van der Waals surface area contributed by atoms with Crippen LogP contribution in [0, 0.1) is 5.82 Å². The van der Waals surface area contributed by atoms with Gasteiger partial charge in [-0.1, -0.05) is 39.0 Å². The smallest absolute Gasteiger partial charge is 0.308 e. The molecule has 0 spiro atoms. The van der Waals surface area contributed by atoms with E-state index in [9.17, 15) is 18.8 Å². The molecule has 1 atom stereocenters. The van der Waals surface area contributed by atoms with Crippen LogP contribution in [0.3, 0.4) is 0 Å². The van der Waals surface area contributed by atoms with Crippen LogP contribution in [-0.4, -0.2) is 30.4 Å². The lowest BCUT2D eigenvalue weighted by Gasteiger charge is -2.19. The molecule has 0 radical (unpaired) electrons. The fraction of sp³-hybridized carbons (Fsp3) is 0.348. The maximum Gasteiger partial charge on any atom is 0.308 e. The first-order valence-electron chi connectivity index (χ1n) is 9.71. The van der Waals surface area contributed by atoms with Gasteiger partial charge in [-0.15, -0.1) is 0 Å². The molecule has 2 aromatic rings. The van der Waals surface area contributed by atoms with Crippen LogP contribution in [0.15, 0.2) is 48.5 Å². The molecule has 7 heteroatoms. The number of nitrogens with one attached hydrogen (secondary N) is 2. The maximum atomic E-state index is 13.2. The number of anilines is 1. The number of amides is 2. The molecule has 0 saturated heterocycles. The van der Waals surface area contributed by atoms with Crippen LogP contribution in [-0.2, 0) is 19.7 Å². The van der Waals surface area contributed by atoms with Gasteiger partial charge in [0.05, 0.1) is 6.42 Å². The molecule has 2 N–H and O–H groups in total. The van der Waals surface area contributed by atoms with Gasteiger partial charge in [-0.05, 0) is 48.2 Å². The van der Waals surface area contributed by atoms with E-state index in [1.807, 2.05) is 12.1 Å². The number of esters is 1. The molecule has 0 aliphatic heterocycles. The van der Waals surface area contributed by atoms with E-state index in [0.29, 0.717) is 5.56 Å². The minimum absolute atomic E-state index is 0.00355. The number of halogens is 1. The van der Waals surface area contributed by atoms with Crippen molar-refractivity contribution in [2.75, 3.05) is 11.9 Å². The summed E-state index contributed by atoms with van der Waals surface area (Å²) in [6.45, 7) is 7.77. The summed E-state index contributed by atoms with van der Waals surface area (Å²) in [5.41, 5.74) is 1.89. The Balaban J connectivity index is 1.76. The van der Waals surface area contributed by atoms with Crippen LogP contribution >= 0.6 is 0 Å². The molecule has 0 saturated carbocycles. The zero-order valence-corrected chi connectivity index (χ0v) is 17.6. The zero-order chi connectivity index (χ0) is 22.3. The summed E-state index contributed by atoms with van der Waals surface area (Å²) in [5.74, 6) is -1.97. The molecule has 0 heterocycles. The van der Waals surface area contributed by atoms with Crippen molar-refractivity contribution in [2.24, 2.45) is 0 Å². The molecule has 2 amide bonds. The van der Waals surface area contributed by atoms with Crippen LogP contribution in [0.25, 0.3) is 0 Å². The van der Waals surface area contributed by atoms with Crippen molar-refractivity contribution >= 4 is 23.5 Å². The van der Waals surface area contributed by atoms with Gasteiger partial charge in [-0.3, -0.25) is 14.4 Å². The van der Waals surface area contributed by atoms with E-state index in [2.05, 4.69) is 31.4 Å². The third-order valence-electron chi connectivity index (χ3n) is 4.40. The molecule has 6 nitrogen and oxygen atoms in total. The molecule has 0 aromatic heterocycles. The molecule has 0 unspecified atom stereocenters. The van der Waals surface area contributed by atoms with Gasteiger partial charge in [0.2, 0.25) is 0 Å². The number of rotatable bonds is 7. The van der Waals surface area contributed by atoms with E-state index < -0.39 is 23.8 Å². The number of benzene rings is 2. The van der Waals surface area contributed by atoms with Crippen molar-refractivity contribution in [1.29, 1.82) is 0 Å². The van der Waals surface area contributed by atoms with Crippen molar-refractivity contribution < 1.29 is 23.5 Å². The van der Waals surface area contributed by atoms with Crippen LogP contribution in [0.1, 0.15) is 50.0 Å². The second-order valence-electron chi connectivity index (χ2n) is 7.96. The standard InChI is InChI=1S/C23H27FN2O4/c1-15(21(28)26-19-7-5-6-18(24)14-19)30-20(27)12-13-25-22(29)16-8-10-17(11-9-16)23(2,3)4/h5-11,14-15H,12-13H2,1-4H3,(H,25,29)(H,26,28)/t15-/m0/s1. The lowest BCUT2D eigenvalue weighted by molar-refractivity contribution is -0.153. The SMILES string of the molecule is C[C@H](OC(=O)CCNC(=O)c1ccc(C(C)(C)C)cc1)C(=O)Nc1cccc(F)c1. The van der Waals surface area contributed by atoms with Gasteiger partial charge in [-0.2, -0.15) is 0 Å². The lowest BCUT2D eigenvalue weighted by Crippen LogP contribution is -2.32. The molecule has 0 aliphatic rings. The van der Waals surface area contributed by atoms with Gasteiger partial charge in [0, 0.05) is 17.8 Å². The van der Waals surface area contributed by atoms with E-state index in [0.717, 1.165) is 11.6 Å². The maximum absolute atomic E-state index is 13.2. The summed E-state index contributed by atoms with van der Waals surface area (Å²) in [6, 6.07) is 12.7. The molecule has 2 aromatic carbocycles. The fourth-order valence-corrected chi connectivity index (χ4v) is 2.62. The van der Waals surface area contributed by atoms with Gasteiger partial charge in [0.1, 0.15) is 5.82 Å². The monoisotopic (exact) mass is 414 g/mol. The van der Waals surface area contributed by atoms with E-state index in [1.54, 1.807) is 12.1 Å². The first-order chi connectivity index (χ1) is 14.1. The summed E-state index contributed by atoms with van der Waals surface area (Å²) < 4.78 is 18.2. The third kappa shape index (κ3) is 6.99. The summed E-state index contributed by atoms with van der Waals surface area (Å²) in [6.07, 6.45) is -1.13. The third-order valence-corrected chi connectivity index (χ3v) is 4.40. The van der Waals surface area contributed by atoms with Gasteiger partial charge < -0.3 is 15.4 Å². The molecule has 2 rings (SSSR count). The molecule has 30 heavy (non-hydrogen) atoms. The number of ether oxygens (including phenoxy) is 1. The van der Waals surface area contributed by atoms with E-state index in [4.69, 9.17) is 4.74 Å². The number of hydrogen-bond donors (Lipinski definition) is 2.